The zero-order chi connectivity index (χ0) is 26.9. The maximum Gasteiger partial charge on any atom is 0.240 e. The Morgan fingerprint density at radius 2 is 1.14 bits per heavy atom. The van der Waals surface area contributed by atoms with Gasteiger partial charge >= 0.3 is 0 Å². The Hall–Kier alpha value is -3.42. The highest BCUT2D eigenvalue weighted by Crippen LogP contribution is 2.21. The third-order valence-electron chi connectivity index (χ3n) is 4.09. The molecule has 0 fully saturated rings. The Morgan fingerprint density at radius 1 is 0.778 bits per heavy atom. The molecule has 0 saturated carbocycles. The fourth-order valence-corrected chi connectivity index (χ4v) is 4.68. The zero-order valence-electron chi connectivity index (χ0n) is 18.2. The van der Waals surface area contributed by atoms with E-state index < -0.39 is 20.0 Å². The van der Waals surface area contributed by atoms with E-state index in [1.54, 1.807) is 0 Å². The van der Waals surface area contributed by atoms with Gasteiger partial charge in [0.05, 0.1) is 22.2 Å². The van der Waals surface area contributed by atoms with E-state index in [4.69, 9.17) is 11.5 Å². The van der Waals surface area contributed by atoms with Crippen molar-refractivity contribution in [3.63, 3.8) is 0 Å². The number of rotatable bonds is 11. The molecule has 36 heavy (non-hydrogen) atoms. The first kappa shape index (κ1) is 28.8. The van der Waals surface area contributed by atoms with E-state index in [0.29, 0.717) is 0 Å². The molecule has 0 atom stereocenters. The molecule has 0 unspecified atom stereocenters. The maximum absolute atomic E-state index is 12.5. The lowest BCUT2D eigenvalue weighted by Crippen LogP contribution is -2.34. The minimum atomic E-state index is -4.07. The second kappa shape index (κ2) is 12.5. The van der Waals surface area contributed by atoms with Gasteiger partial charge in [-0.1, -0.05) is 0 Å². The molecule has 0 aliphatic carbocycles. The van der Waals surface area contributed by atoms with E-state index in [1.165, 1.54) is 36.7 Å². The number of sulfonamides is 2. The van der Waals surface area contributed by atoms with Crippen LogP contribution in [0.5, 0.6) is 11.5 Å². The highest BCUT2D eigenvalue weighted by Gasteiger charge is 2.18. The fraction of sp³-hybridized carbons (Fsp3) is 0.111. The molecule has 194 valence electrons. The predicted octanol–water partition coefficient (Wildman–Crippen LogP) is -1.31. The molecule has 0 amide bonds. The van der Waals surface area contributed by atoms with Crippen molar-refractivity contribution in [3.8, 4) is 11.5 Å². The summed E-state index contributed by atoms with van der Waals surface area (Å²) in [7, 11) is -8.14. The van der Waals surface area contributed by atoms with Crippen LogP contribution < -0.4 is 31.8 Å². The van der Waals surface area contributed by atoms with Crippen LogP contribution in [0.25, 0.3) is 0 Å². The standard InChI is InChI=1S/C18H22N8O6S4/c19-17(33)25-21-9-11-1-3-13(7-15(11)27)35(29,30)23-5-6-24-36(31,32)14-4-2-12(16(28)8-14)10-22-26-18(20)34/h1-4,7-10,23-24,27-28H,5-6H2,(H3,19,25,33)(H3,20,26,34)/b21-9+,22-10+. The summed E-state index contributed by atoms with van der Waals surface area (Å²) in [5, 5.41) is 27.2. The van der Waals surface area contributed by atoms with Gasteiger partial charge in [0.25, 0.3) is 0 Å². The molecule has 2 aromatic carbocycles. The van der Waals surface area contributed by atoms with E-state index in [1.807, 2.05) is 0 Å². The number of nitrogens with zero attached hydrogens (tertiary/aromatic N) is 2. The maximum atomic E-state index is 12.5. The summed E-state index contributed by atoms with van der Waals surface area (Å²) in [5.74, 6) is -0.747. The number of phenols is 2. The van der Waals surface area contributed by atoms with Crippen LogP contribution in [0.2, 0.25) is 0 Å². The van der Waals surface area contributed by atoms with E-state index in [9.17, 15) is 27.0 Å². The molecule has 0 aliphatic heterocycles. The minimum absolute atomic E-state index is 0.0885. The van der Waals surface area contributed by atoms with Crippen molar-refractivity contribution in [2.24, 2.45) is 21.7 Å². The van der Waals surface area contributed by atoms with Crippen molar-refractivity contribution in [1.82, 2.24) is 20.3 Å². The van der Waals surface area contributed by atoms with Crippen LogP contribution in [0.3, 0.4) is 0 Å². The van der Waals surface area contributed by atoms with Gasteiger partial charge < -0.3 is 21.7 Å². The molecule has 0 radical (unpaired) electrons. The summed E-state index contributed by atoms with van der Waals surface area (Å²) in [4.78, 5) is -0.510. The number of thiocarbonyl (C=S) groups is 2. The largest absolute Gasteiger partial charge is 0.507 e. The summed E-state index contributed by atoms with van der Waals surface area (Å²) in [6.45, 7) is -0.602. The molecule has 0 spiro atoms. The van der Waals surface area contributed by atoms with Crippen LogP contribution in [0, 0.1) is 0 Å². The molecule has 18 heteroatoms. The van der Waals surface area contributed by atoms with Gasteiger partial charge in [0.2, 0.25) is 20.0 Å². The number of nitrogens with two attached hydrogens (primary N) is 2. The highest BCUT2D eigenvalue weighted by molar-refractivity contribution is 7.90. The van der Waals surface area contributed by atoms with Crippen molar-refractivity contribution >= 4 is 67.1 Å². The number of phenolic OH excluding ortho intramolecular Hbond substituents is 2. The number of aromatic hydroxyl groups is 2. The summed E-state index contributed by atoms with van der Waals surface area (Å²) in [6, 6.07) is 7.05. The van der Waals surface area contributed by atoms with Gasteiger partial charge in [-0.15, -0.1) is 0 Å². The van der Waals surface area contributed by atoms with E-state index in [-0.39, 0.29) is 55.7 Å². The van der Waals surface area contributed by atoms with Crippen LogP contribution in [-0.4, -0.2) is 62.8 Å². The van der Waals surface area contributed by atoms with Crippen molar-refractivity contribution in [2.45, 2.75) is 9.79 Å². The fourth-order valence-electron chi connectivity index (χ4n) is 2.47. The van der Waals surface area contributed by atoms with Crippen molar-refractivity contribution in [2.75, 3.05) is 13.1 Å². The van der Waals surface area contributed by atoms with Crippen LogP contribution in [-0.2, 0) is 20.0 Å². The lowest BCUT2D eigenvalue weighted by atomic mass is 10.2. The van der Waals surface area contributed by atoms with E-state index >= 15 is 0 Å². The first-order chi connectivity index (χ1) is 16.8. The quantitative estimate of drug-likeness (QED) is 0.0676. The van der Waals surface area contributed by atoms with E-state index in [0.717, 1.165) is 12.1 Å². The summed E-state index contributed by atoms with van der Waals surface area (Å²) >= 11 is 9.16. The molecular formula is C18H22N8O6S4. The van der Waals surface area contributed by atoms with E-state index in [2.05, 4.69) is 54.9 Å². The molecule has 0 saturated heterocycles. The highest BCUT2D eigenvalue weighted by atomic mass is 32.2. The minimum Gasteiger partial charge on any atom is -0.507 e. The second-order valence-electron chi connectivity index (χ2n) is 6.71. The SMILES string of the molecule is NC(=S)N/N=C/c1ccc(S(=O)(=O)NCCNS(=O)(=O)c2ccc(/C=N/NC(N)=S)c(O)c2)cc1O. The van der Waals surface area contributed by atoms with Crippen molar-refractivity contribution < 1.29 is 27.0 Å². The number of hydrazone groups is 2. The molecular weight excluding hydrogens is 553 g/mol. The molecule has 2 rings (SSSR count). The normalized spacial score (nSPS) is 12.1. The third kappa shape index (κ3) is 8.66. The van der Waals surface area contributed by atoms with Crippen LogP contribution in [0.15, 0.2) is 56.4 Å². The Kier molecular flexibility index (Phi) is 10.0. The van der Waals surface area contributed by atoms with Gasteiger partial charge in [-0.3, -0.25) is 10.9 Å². The van der Waals surface area contributed by atoms with Crippen molar-refractivity contribution in [1.29, 1.82) is 0 Å². The smallest absolute Gasteiger partial charge is 0.240 e. The molecule has 10 N–H and O–H groups in total. The molecule has 0 aromatic heterocycles. The van der Waals surface area contributed by atoms with Gasteiger partial charge in [-0.05, 0) is 48.7 Å². The summed E-state index contributed by atoms with van der Waals surface area (Å²) in [6.07, 6.45) is 2.38. The molecule has 0 aliphatic rings. The number of hydrogen-bond acceptors (Lipinski definition) is 10. The average molecular weight is 575 g/mol. The Morgan fingerprint density at radius 3 is 1.44 bits per heavy atom. The first-order valence-electron chi connectivity index (χ1n) is 9.64. The van der Waals surface area contributed by atoms with Gasteiger partial charge in [-0.2, -0.15) is 10.2 Å². The number of hydrogen-bond donors (Lipinski definition) is 8. The number of nitrogens with one attached hydrogen (secondary N) is 4. The number of benzene rings is 2. The Bertz CT molecular complexity index is 1300. The van der Waals surface area contributed by atoms with Crippen LogP contribution in [0.1, 0.15) is 11.1 Å². The molecule has 2 aromatic rings. The Balaban J connectivity index is 1.98. The predicted molar refractivity (Wildman–Crippen MR) is 142 cm³/mol. The Labute approximate surface area is 217 Å². The summed E-state index contributed by atoms with van der Waals surface area (Å²) in [5.41, 5.74) is 15.4. The topological polar surface area (TPSA) is 234 Å². The van der Waals surface area contributed by atoms with Crippen molar-refractivity contribution in [3.05, 3.63) is 47.5 Å². The van der Waals surface area contributed by atoms with Crippen LogP contribution in [0.4, 0.5) is 0 Å². The summed E-state index contributed by atoms with van der Waals surface area (Å²) < 4.78 is 54.3. The first-order valence-corrected chi connectivity index (χ1v) is 13.4. The monoisotopic (exact) mass is 574 g/mol. The van der Waals surface area contributed by atoms with Gasteiger partial charge in [0.15, 0.2) is 10.2 Å². The lowest BCUT2D eigenvalue weighted by molar-refractivity contribution is 0.471. The van der Waals surface area contributed by atoms with Gasteiger partial charge in [0.1, 0.15) is 11.5 Å². The lowest BCUT2D eigenvalue weighted by Gasteiger charge is -2.10. The zero-order valence-corrected chi connectivity index (χ0v) is 21.5. The molecule has 0 heterocycles. The second-order valence-corrected chi connectivity index (χ2v) is 11.1. The van der Waals surface area contributed by atoms with Gasteiger partial charge in [-0.25, -0.2) is 26.3 Å². The van der Waals surface area contributed by atoms with Gasteiger partial charge in [0, 0.05) is 36.3 Å². The third-order valence-corrected chi connectivity index (χ3v) is 7.19. The molecule has 14 nitrogen and oxygen atoms in total. The average Bonchev–Trinajstić information content (AvgIpc) is 2.78. The molecule has 0 bridgehead atoms. The van der Waals surface area contributed by atoms with Crippen LogP contribution >= 0.6 is 24.4 Å².